The number of para-hydroxylation sites is 1. The molecule has 2 aromatic rings. The first-order valence-corrected chi connectivity index (χ1v) is 12.4. The number of nitrogens with two attached hydrogens (primary N) is 2. The van der Waals surface area contributed by atoms with Crippen molar-refractivity contribution in [1.29, 1.82) is 0 Å². The quantitative estimate of drug-likeness (QED) is 0.148. The first-order valence-electron chi connectivity index (χ1n) is 11.8. The number of carboxylic acids is 1. The fourth-order valence-corrected chi connectivity index (χ4v) is 4.01. The van der Waals surface area contributed by atoms with E-state index < -0.39 is 60.2 Å². The van der Waals surface area contributed by atoms with Gasteiger partial charge >= 0.3 is 5.97 Å². The van der Waals surface area contributed by atoms with Crippen LogP contribution in [0.15, 0.2) is 30.5 Å². The van der Waals surface area contributed by atoms with E-state index in [0.717, 1.165) is 16.5 Å². The summed E-state index contributed by atoms with van der Waals surface area (Å²) in [6, 6.07) is 2.66. The van der Waals surface area contributed by atoms with E-state index in [1.54, 1.807) is 20.0 Å². The van der Waals surface area contributed by atoms with E-state index in [-0.39, 0.29) is 24.5 Å². The number of aliphatic carboxylic acids is 1. The number of aromatic nitrogens is 1. The van der Waals surface area contributed by atoms with Crippen molar-refractivity contribution in [2.45, 2.75) is 57.3 Å². The first-order chi connectivity index (χ1) is 17.4. The summed E-state index contributed by atoms with van der Waals surface area (Å²) >= 11 is 4.07. The Balaban J connectivity index is 2.07. The van der Waals surface area contributed by atoms with Crippen LogP contribution in [0.5, 0.6) is 0 Å². The van der Waals surface area contributed by atoms with Gasteiger partial charge in [0, 0.05) is 22.9 Å². The Kier molecular flexibility index (Phi) is 10.9. The number of carboxylic acid groups (broad SMARTS) is 1. The lowest BCUT2D eigenvalue weighted by Gasteiger charge is -2.24. The van der Waals surface area contributed by atoms with Gasteiger partial charge in [-0.2, -0.15) is 12.6 Å². The fourth-order valence-electron chi connectivity index (χ4n) is 3.75. The third kappa shape index (κ3) is 8.79. The summed E-state index contributed by atoms with van der Waals surface area (Å²) in [5.41, 5.74) is 13.0. The maximum Gasteiger partial charge on any atom is 0.326 e. The average molecular weight is 535 g/mol. The number of carbonyl (C=O) groups is 5. The average Bonchev–Trinajstić information content (AvgIpc) is 3.23. The number of carbonyl (C=O) groups excluding carboxylic acids is 4. The number of primary amides is 1. The van der Waals surface area contributed by atoms with Crippen molar-refractivity contribution in [1.82, 2.24) is 20.9 Å². The topological polar surface area (TPSA) is 209 Å². The lowest BCUT2D eigenvalue weighted by Crippen LogP contribution is -2.58. The van der Waals surface area contributed by atoms with E-state index in [9.17, 15) is 29.1 Å². The number of benzene rings is 1. The van der Waals surface area contributed by atoms with Crippen molar-refractivity contribution in [2.24, 2.45) is 17.4 Å². The summed E-state index contributed by atoms with van der Waals surface area (Å²) in [5, 5.41) is 17.5. The lowest BCUT2D eigenvalue weighted by atomic mass is 10.0. The van der Waals surface area contributed by atoms with Crippen LogP contribution in [0.2, 0.25) is 0 Å². The molecule has 0 aliphatic heterocycles. The van der Waals surface area contributed by atoms with Crippen molar-refractivity contribution in [3.63, 3.8) is 0 Å². The molecule has 0 aliphatic rings. The van der Waals surface area contributed by atoms with Crippen LogP contribution in [-0.2, 0) is 30.4 Å². The molecule has 4 atom stereocenters. The highest BCUT2D eigenvalue weighted by Crippen LogP contribution is 2.18. The molecule has 0 fully saturated rings. The molecule has 1 aromatic carbocycles. The van der Waals surface area contributed by atoms with Gasteiger partial charge in [0.15, 0.2) is 0 Å². The molecular weight excluding hydrogens is 500 g/mol. The summed E-state index contributed by atoms with van der Waals surface area (Å²) in [6.07, 6.45) is 1.55. The number of H-pyrrole nitrogens is 1. The molecule has 37 heavy (non-hydrogen) atoms. The minimum Gasteiger partial charge on any atom is -0.480 e. The van der Waals surface area contributed by atoms with Gasteiger partial charge in [-0.15, -0.1) is 0 Å². The highest BCUT2D eigenvalue weighted by atomic mass is 32.1. The Labute approximate surface area is 219 Å². The summed E-state index contributed by atoms with van der Waals surface area (Å²) in [4.78, 5) is 64.4. The highest BCUT2D eigenvalue weighted by molar-refractivity contribution is 7.80. The smallest absolute Gasteiger partial charge is 0.326 e. The number of aromatic amines is 1. The largest absolute Gasteiger partial charge is 0.480 e. The lowest BCUT2D eigenvalue weighted by molar-refractivity contribution is -0.142. The molecule has 13 heteroatoms. The number of hydrogen-bond donors (Lipinski definition) is 8. The summed E-state index contributed by atoms with van der Waals surface area (Å²) in [6.45, 7) is 3.61. The zero-order valence-electron chi connectivity index (χ0n) is 20.7. The standard InChI is InChI=1S/C24H34N6O6S/c1-12(2)7-18(24(35)36)29-23(34)19(11-37)30-22(33)17(9-20(26)31)28-21(32)15(25)8-13-10-27-16-6-4-3-5-14(13)16/h3-6,10,12,15,17-19,27,37H,7-9,11,25H2,1-2H3,(H2,26,31)(H,28,32)(H,29,34)(H,30,33)(H,35,36). The molecule has 4 unspecified atom stereocenters. The predicted molar refractivity (Wildman–Crippen MR) is 141 cm³/mol. The summed E-state index contributed by atoms with van der Waals surface area (Å²) in [7, 11) is 0. The molecular formula is C24H34N6O6S. The molecule has 12 nitrogen and oxygen atoms in total. The van der Waals surface area contributed by atoms with E-state index in [1.807, 2.05) is 24.3 Å². The van der Waals surface area contributed by atoms with Crippen molar-refractivity contribution >= 4 is 53.1 Å². The van der Waals surface area contributed by atoms with Crippen LogP contribution < -0.4 is 27.4 Å². The molecule has 202 valence electrons. The van der Waals surface area contributed by atoms with E-state index in [0.29, 0.717) is 0 Å². The molecule has 0 bridgehead atoms. The normalized spacial score (nSPS) is 14.4. The number of thiol groups is 1. The molecule has 9 N–H and O–H groups in total. The van der Waals surface area contributed by atoms with Crippen LogP contribution in [-0.4, -0.2) is 69.6 Å². The van der Waals surface area contributed by atoms with Crippen molar-refractivity contribution < 1.29 is 29.1 Å². The molecule has 1 aromatic heterocycles. The van der Waals surface area contributed by atoms with Crippen LogP contribution in [0.25, 0.3) is 10.9 Å². The van der Waals surface area contributed by atoms with Crippen LogP contribution in [0.1, 0.15) is 32.3 Å². The van der Waals surface area contributed by atoms with E-state index >= 15 is 0 Å². The number of rotatable bonds is 14. The monoisotopic (exact) mass is 534 g/mol. The maximum absolute atomic E-state index is 12.9. The number of nitrogens with one attached hydrogen (secondary N) is 4. The van der Waals surface area contributed by atoms with Gasteiger partial charge in [-0.25, -0.2) is 4.79 Å². The third-order valence-corrected chi connectivity index (χ3v) is 5.99. The van der Waals surface area contributed by atoms with Gasteiger partial charge < -0.3 is 37.5 Å². The van der Waals surface area contributed by atoms with E-state index in [4.69, 9.17) is 11.5 Å². The number of hydrogen-bond acceptors (Lipinski definition) is 7. The van der Waals surface area contributed by atoms with E-state index in [1.165, 1.54) is 0 Å². The van der Waals surface area contributed by atoms with Crippen molar-refractivity contribution in [2.75, 3.05) is 5.75 Å². The molecule has 0 aliphatic carbocycles. The molecule has 0 saturated heterocycles. The van der Waals surface area contributed by atoms with Gasteiger partial charge in [-0.3, -0.25) is 19.2 Å². The Hall–Kier alpha value is -3.58. The zero-order chi connectivity index (χ0) is 27.7. The second-order valence-electron chi connectivity index (χ2n) is 9.17. The Bertz CT molecular complexity index is 1140. The second kappa shape index (κ2) is 13.7. The van der Waals surface area contributed by atoms with Crippen LogP contribution in [0.4, 0.5) is 0 Å². The number of fused-ring (bicyclic) bond motifs is 1. The highest BCUT2D eigenvalue weighted by Gasteiger charge is 2.31. The van der Waals surface area contributed by atoms with Gasteiger partial charge in [0.2, 0.25) is 23.6 Å². The predicted octanol–water partition coefficient (Wildman–Crippen LogP) is -0.572. The first kappa shape index (κ1) is 29.6. The molecule has 1 heterocycles. The number of amides is 4. The van der Waals surface area contributed by atoms with Crippen LogP contribution in [0, 0.1) is 5.92 Å². The Morgan fingerprint density at radius 2 is 1.57 bits per heavy atom. The molecule has 4 amide bonds. The van der Waals surface area contributed by atoms with Gasteiger partial charge in [0.05, 0.1) is 12.5 Å². The van der Waals surface area contributed by atoms with Crippen LogP contribution >= 0.6 is 12.6 Å². The van der Waals surface area contributed by atoms with Gasteiger partial charge in [0.25, 0.3) is 0 Å². The summed E-state index contributed by atoms with van der Waals surface area (Å²) in [5.74, 6) is -4.57. The van der Waals surface area contributed by atoms with Gasteiger partial charge in [0.1, 0.15) is 18.1 Å². The molecule has 2 rings (SSSR count). The minimum atomic E-state index is -1.40. The Morgan fingerprint density at radius 1 is 0.973 bits per heavy atom. The van der Waals surface area contributed by atoms with Gasteiger partial charge in [-0.1, -0.05) is 32.0 Å². The SMILES string of the molecule is CC(C)CC(NC(=O)C(CS)NC(=O)C(CC(N)=O)NC(=O)C(N)Cc1c[nH]c2ccccc12)C(=O)O. The molecule has 0 spiro atoms. The van der Waals surface area contributed by atoms with Crippen LogP contribution in [0.3, 0.4) is 0 Å². The zero-order valence-corrected chi connectivity index (χ0v) is 21.6. The third-order valence-electron chi connectivity index (χ3n) is 5.63. The van der Waals surface area contributed by atoms with Crippen molar-refractivity contribution in [3.8, 4) is 0 Å². The minimum absolute atomic E-state index is 0.00549. The van der Waals surface area contributed by atoms with Crippen molar-refractivity contribution in [3.05, 3.63) is 36.0 Å². The Morgan fingerprint density at radius 3 is 2.16 bits per heavy atom. The fraction of sp³-hybridized carbons (Fsp3) is 0.458. The van der Waals surface area contributed by atoms with E-state index in [2.05, 4.69) is 33.6 Å². The van der Waals surface area contributed by atoms with Gasteiger partial charge in [-0.05, 0) is 30.4 Å². The molecule has 0 radical (unpaired) electrons. The second-order valence-corrected chi connectivity index (χ2v) is 9.54. The molecule has 0 saturated carbocycles. The summed E-state index contributed by atoms with van der Waals surface area (Å²) < 4.78 is 0. The maximum atomic E-state index is 12.9.